The van der Waals surface area contributed by atoms with Gasteiger partial charge in [0.2, 0.25) is 5.91 Å². The van der Waals surface area contributed by atoms with Crippen LogP contribution in [0.25, 0.3) is 0 Å². The maximum absolute atomic E-state index is 12.0. The van der Waals surface area contributed by atoms with E-state index in [2.05, 4.69) is 0 Å². The van der Waals surface area contributed by atoms with E-state index >= 15 is 0 Å². The van der Waals surface area contributed by atoms with Crippen LogP contribution in [0, 0.1) is 5.92 Å². The third-order valence-electron chi connectivity index (χ3n) is 4.10. The molecular formula is C14H21N3OS. The summed E-state index contributed by atoms with van der Waals surface area (Å²) in [5, 5.41) is 0.910. The third kappa shape index (κ3) is 2.67. The number of amides is 1. The Balaban J connectivity index is 1.82. The van der Waals surface area contributed by atoms with Crippen molar-refractivity contribution in [3.63, 3.8) is 0 Å². The molecule has 1 fully saturated rings. The average Bonchev–Trinajstić information content (AvgIpc) is 2.93. The van der Waals surface area contributed by atoms with Gasteiger partial charge < -0.3 is 5.73 Å². The molecule has 2 N–H and O–H groups in total. The number of fused-ring (bicyclic) bond motifs is 1. The van der Waals surface area contributed by atoms with Crippen LogP contribution in [0.4, 0.5) is 5.13 Å². The zero-order valence-corrected chi connectivity index (χ0v) is 12.0. The summed E-state index contributed by atoms with van der Waals surface area (Å²) in [7, 11) is 0. The Hall–Kier alpha value is -0.940. The molecule has 1 atom stereocenters. The Labute approximate surface area is 118 Å². The van der Waals surface area contributed by atoms with Crippen molar-refractivity contribution in [2.45, 2.75) is 44.9 Å². The number of anilines is 1. The lowest BCUT2D eigenvalue weighted by Gasteiger charge is -2.11. The minimum Gasteiger partial charge on any atom is -0.330 e. The molecule has 104 valence electrons. The van der Waals surface area contributed by atoms with Crippen LogP contribution in [0.15, 0.2) is 0 Å². The molecule has 0 radical (unpaired) electrons. The number of carbonyl (C=O) groups is 1. The zero-order chi connectivity index (χ0) is 13.2. The summed E-state index contributed by atoms with van der Waals surface area (Å²) in [6.45, 7) is 1.34. The highest BCUT2D eigenvalue weighted by atomic mass is 32.1. The lowest BCUT2D eigenvalue weighted by molar-refractivity contribution is -0.117. The smallest absolute Gasteiger partial charge is 0.229 e. The topological polar surface area (TPSA) is 59.2 Å². The second-order valence-corrected chi connectivity index (χ2v) is 6.65. The lowest BCUT2D eigenvalue weighted by atomic mass is 10.0. The second-order valence-electron chi connectivity index (χ2n) is 5.59. The molecule has 2 aliphatic rings. The van der Waals surface area contributed by atoms with Crippen LogP contribution in [0.5, 0.6) is 0 Å². The number of carbonyl (C=O) groups excluding carboxylic acids is 1. The number of hydrogen-bond acceptors (Lipinski definition) is 4. The summed E-state index contributed by atoms with van der Waals surface area (Å²) in [6.07, 6.45) is 7.92. The first kappa shape index (κ1) is 13.1. The van der Waals surface area contributed by atoms with Gasteiger partial charge in [-0.15, -0.1) is 11.3 Å². The number of aromatic nitrogens is 1. The van der Waals surface area contributed by atoms with Crippen LogP contribution >= 0.6 is 11.3 Å². The highest BCUT2D eigenvalue weighted by Gasteiger charge is 2.32. The minimum absolute atomic E-state index is 0.192. The Morgan fingerprint density at radius 3 is 2.79 bits per heavy atom. The van der Waals surface area contributed by atoms with E-state index in [9.17, 15) is 4.79 Å². The molecule has 0 saturated carbocycles. The van der Waals surface area contributed by atoms with Crippen molar-refractivity contribution in [2.24, 2.45) is 11.7 Å². The van der Waals surface area contributed by atoms with Crippen LogP contribution in [0.1, 0.15) is 42.7 Å². The minimum atomic E-state index is 0.192. The van der Waals surface area contributed by atoms with Crippen LogP contribution in [0.2, 0.25) is 0 Å². The summed E-state index contributed by atoms with van der Waals surface area (Å²) < 4.78 is 0. The molecule has 1 amide bonds. The first-order valence-corrected chi connectivity index (χ1v) is 8.08. The van der Waals surface area contributed by atoms with E-state index in [0.29, 0.717) is 18.9 Å². The van der Waals surface area contributed by atoms with E-state index in [1.165, 1.54) is 36.3 Å². The number of thiazole rings is 1. The van der Waals surface area contributed by atoms with Crippen molar-refractivity contribution in [3.8, 4) is 0 Å². The number of hydrogen-bond donors (Lipinski definition) is 1. The van der Waals surface area contributed by atoms with E-state index in [0.717, 1.165) is 24.5 Å². The Kier molecular flexibility index (Phi) is 3.84. The van der Waals surface area contributed by atoms with E-state index in [-0.39, 0.29) is 5.91 Å². The molecule has 4 nitrogen and oxygen atoms in total. The van der Waals surface area contributed by atoms with Crippen molar-refractivity contribution in [2.75, 3.05) is 18.0 Å². The fraction of sp³-hybridized carbons (Fsp3) is 0.714. The largest absolute Gasteiger partial charge is 0.330 e. The first-order chi connectivity index (χ1) is 9.28. The van der Waals surface area contributed by atoms with Gasteiger partial charge in [-0.25, -0.2) is 4.98 Å². The van der Waals surface area contributed by atoms with Crippen molar-refractivity contribution in [1.82, 2.24) is 4.98 Å². The van der Waals surface area contributed by atoms with Gasteiger partial charge >= 0.3 is 0 Å². The van der Waals surface area contributed by atoms with Gasteiger partial charge in [0.25, 0.3) is 0 Å². The summed E-state index contributed by atoms with van der Waals surface area (Å²) in [5.41, 5.74) is 6.92. The quantitative estimate of drug-likeness (QED) is 0.902. The molecule has 1 aliphatic heterocycles. The highest BCUT2D eigenvalue weighted by molar-refractivity contribution is 7.15. The van der Waals surface area contributed by atoms with Crippen LogP contribution < -0.4 is 10.6 Å². The van der Waals surface area contributed by atoms with Gasteiger partial charge in [-0.2, -0.15) is 0 Å². The van der Waals surface area contributed by atoms with Crippen LogP contribution in [-0.4, -0.2) is 24.0 Å². The van der Waals surface area contributed by atoms with Gasteiger partial charge in [-0.1, -0.05) is 12.8 Å². The normalized spacial score (nSPS) is 24.2. The molecule has 1 saturated heterocycles. The van der Waals surface area contributed by atoms with Gasteiger partial charge in [-0.05, 0) is 38.1 Å². The van der Waals surface area contributed by atoms with Crippen molar-refractivity contribution in [1.29, 1.82) is 0 Å². The molecule has 1 aliphatic carbocycles. The summed E-state index contributed by atoms with van der Waals surface area (Å²) in [6, 6.07) is 0. The van der Waals surface area contributed by atoms with Crippen LogP contribution in [-0.2, 0) is 17.6 Å². The van der Waals surface area contributed by atoms with Gasteiger partial charge in [0.05, 0.1) is 5.69 Å². The maximum atomic E-state index is 12.0. The Morgan fingerprint density at radius 1 is 1.26 bits per heavy atom. The van der Waals surface area contributed by atoms with Gasteiger partial charge in [-0.3, -0.25) is 9.69 Å². The number of nitrogens with two attached hydrogens (primary N) is 1. The second kappa shape index (κ2) is 5.59. The molecule has 2 heterocycles. The molecule has 1 unspecified atom stereocenters. The molecule has 3 rings (SSSR count). The third-order valence-corrected chi connectivity index (χ3v) is 5.28. The summed E-state index contributed by atoms with van der Waals surface area (Å²) in [5.74, 6) is 0.496. The molecule has 1 aromatic heterocycles. The number of aryl methyl sites for hydroxylation is 2. The van der Waals surface area contributed by atoms with Crippen molar-refractivity contribution >= 4 is 22.4 Å². The van der Waals surface area contributed by atoms with Gasteiger partial charge in [0, 0.05) is 17.8 Å². The Morgan fingerprint density at radius 2 is 2.05 bits per heavy atom. The molecule has 5 heteroatoms. The fourth-order valence-corrected chi connectivity index (χ4v) is 4.11. The van der Waals surface area contributed by atoms with Crippen molar-refractivity contribution in [3.05, 3.63) is 10.6 Å². The van der Waals surface area contributed by atoms with Gasteiger partial charge in [0.1, 0.15) is 0 Å². The average molecular weight is 279 g/mol. The molecule has 0 aromatic carbocycles. The SMILES string of the molecule is NCC1CC(=O)N(c2nc3c(s2)CCCCCC3)C1. The zero-order valence-electron chi connectivity index (χ0n) is 11.2. The molecule has 0 bridgehead atoms. The van der Waals surface area contributed by atoms with Crippen molar-refractivity contribution < 1.29 is 4.79 Å². The van der Waals surface area contributed by atoms with E-state index in [4.69, 9.17) is 10.7 Å². The molecule has 0 spiro atoms. The predicted octanol–water partition coefficient (Wildman–Crippen LogP) is 2.11. The summed E-state index contributed by atoms with van der Waals surface area (Å²) >= 11 is 1.72. The monoisotopic (exact) mass is 279 g/mol. The lowest BCUT2D eigenvalue weighted by Crippen LogP contribution is -2.25. The number of rotatable bonds is 2. The Bertz CT molecular complexity index is 446. The number of nitrogens with zero attached hydrogens (tertiary/aromatic N) is 2. The van der Waals surface area contributed by atoms with Crippen LogP contribution in [0.3, 0.4) is 0 Å². The molecular weight excluding hydrogens is 258 g/mol. The molecule has 1 aromatic rings. The maximum Gasteiger partial charge on any atom is 0.229 e. The standard InChI is InChI=1S/C14H21N3OS/c15-8-10-7-13(18)17(9-10)14-16-11-5-3-1-2-4-6-12(11)19-14/h10H,1-9,15H2. The molecule has 19 heavy (non-hydrogen) atoms. The van der Waals surface area contributed by atoms with Gasteiger partial charge in [0.15, 0.2) is 5.13 Å². The predicted molar refractivity (Wildman–Crippen MR) is 77.5 cm³/mol. The first-order valence-electron chi connectivity index (χ1n) is 7.27. The summed E-state index contributed by atoms with van der Waals surface area (Å²) in [4.78, 5) is 20.0. The van der Waals surface area contributed by atoms with E-state index in [1.54, 1.807) is 11.3 Å². The fourth-order valence-electron chi connectivity index (χ4n) is 2.93. The van der Waals surface area contributed by atoms with E-state index in [1.807, 2.05) is 4.90 Å². The van der Waals surface area contributed by atoms with E-state index < -0.39 is 0 Å². The highest BCUT2D eigenvalue weighted by Crippen LogP contribution is 2.33.